The van der Waals surface area contributed by atoms with Crippen LogP contribution in [0.4, 0.5) is 0 Å². The van der Waals surface area contributed by atoms with E-state index >= 15 is 0 Å². The van der Waals surface area contributed by atoms with Crippen molar-refractivity contribution in [1.82, 2.24) is 4.90 Å². The second-order valence-electron chi connectivity index (χ2n) is 6.08. The van der Waals surface area contributed by atoms with Crippen LogP contribution in [0.3, 0.4) is 0 Å². The molecule has 1 aromatic carbocycles. The van der Waals surface area contributed by atoms with E-state index in [1.807, 2.05) is 0 Å². The van der Waals surface area contributed by atoms with E-state index in [0.29, 0.717) is 6.61 Å². The first-order valence-corrected chi connectivity index (χ1v) is 8.86. The third-order valence-electron chi connectivity index (χ3n) is 4.59. The zero-order chi connectivity index (χ0) is 15.3. The summed E-state index contributed by atoms with van der Waals surface area (Å²) in [5.41, 5.74) is 0.796. The topological polar surface area (TPSA) is 32.7 Å². The highest BCUT2D eigenvalue weighted by Gasteiger charge is 2.38. The van der Waals surface area contributed by atoms with E-state index in [2.05, 4.69) is 42.3 Å². The Morgan fingerprint density at radius 2 is 2.29 bits per heavy atom. The minimum atomic E-state index is -0.562. The van der Waals surface area contributed by atoms with Gasteiger partial charge in [-0.05, 0) is 42.7 Å². The Morgan fingerprint density at radius 3 is 2.95 bits per heavy atom. The Balaban J connectivity index is 1.93. The maximum atomic E-state index is 10.7. The molecule has 0 amide bonds. The van der Waals surface area contributed by atoms with Crippen molar-refractivity contribution in [3.63, 3.8) is 0 Å². The first-order chi connectivity index (χ1) is 10.1. The number of nitrogens with zero attached hydrogens (tertiary/aromatic N) is 1. The molecule has 1 aromatic rings. The molecule has 0 bridgehead atoms. The minimum absolute atomic E-state index is 0.283. The highest BCUT2D eigenvalue weighted by Crippen LogP contribution is 2.31. The van der Waals surface area contributed by atoms with Crippen molar-refractivity contribution in [3.8, 4) is 0 Å². The molecule has 2 atom stereocenters. The average Bonchev–Trinajstić information content (AvgIpc) is 2.49. The van der Waals surface area contributed by atoms with Crippen LogP contribution in [0.25, 0.3) is 0 Å². The number of likely N-dealkylation sites (tertiary alicyclic amines) is 1. The number of methoxy groups -OCH3 is 1. The largest absolute Gasteiger partial charge is 0.389 e. The molecular formula is C17H27NO2S. The zero-order valence-corrected chi connectivity index (χ0v) is 14.2. The summed E-state index contributed by atoms with van der Waals surface area (Å²) in [7, 11) is 1.70. The molecule has 0 radical (unpaired) electrons. The van der Waals surface area contributed by atoms with Gasteiger partial charge in [0.1, 0.15) is 0 Å². The van der Waals surface area contributed by atoms with Gasteiger partial charge in [-0.1, -0.05) is 19.1 Å². The fourth-order valence-electron chi connectivity index (χ4n) is 3.07. The minimum Gasteiger partial charge on any atom is -0.389 e. The second-order valence-corrected chi connectivity index (χ2v) is 6.96. The van der Waals surface area contributed by atoms with Crippen LogP contribution in [0.1, 0.15) is 25.3 Å². The molecule has 21 heavy (non-hydrogen) atoms. The molecule has 1 aliphatic heterocycles. The van der Waals surface area contributed by atoms with E-state index < -0.39 is 5.60 Å². The van der Waals surface area contributed by atoms with Crippen molar-refractivity contribution in [3.05, 3.63) is 29.8 Å². The van der Waals surface area contributed by atoms with Crippen molar-refractivity contribution in [2.24, 2.45) is 5.92 Å². The fourth-order valence-corrected chi connectivity index (χ4v) is 3.55. The Bertz CT molecular complexity index is 454. The van der Waals surface area contributed by atoms with Gasteiger partial charge < -0.3 is 9.84 Å². The molecule has 0 saturated carbocycles. The van der Waals surface area contributed by atoms with Crippen LogP contribution in [0, 0.1) is 5.92 Å². The maximum Gasteiger partial charge on any atom is 0.0719 e. The zero-order valence-electron chi connectivity index (χ0n) is 13.3. The van der Waals surface area contributed by atoms with Gasteiger partial charge in [-0.3, -0.25) is 4.90 Å². The molecule has 118 valence electrons. The Hall–Kier alpha value is -0.550. The summed E-state index contributed by atoms with van der Waals surface area (Å²) >= 11 is 1.78. The molecule has 0 spiro atoms. The van der Waals surface area contributed by atoms with E-state index in [0.717, 1.165) is 32.5 Å². The SMILES string of the molecule is COCC[C@]1(O)CCN(Cc2cccc(SC)c2)C[C@H]1C. The Labute approximate surface area is 132 Å². The van der Waals surface area contributed by atoms with Crippen molar-refractivity contribution < 1.29 is 9.84 Å². The molecule has 0 aliphatic carbocycles. The van der Waals surface area contributed by atoms with Crippen LogP contribution < -0.4 is 0 Å². The number of piperidine rings is 1. The van der Waals surface area contributed by atoms with Gasteiger partial charge in [-0.2, -0.15) is 0 Å². The van der Waals surface area contributed by atoms with Crippen molar-refractivity contribution >= 4 is 11.8 Å². The summed E-state index contributed by atoms with van der Waals surface area (Å²) < 4.78 is 5.13. The molecule has 1 aliphatic rings. The van der Waals surface area contributed by atoms with Gasteiger partial charge in [0.05, 0.1) is 5.60 Å². The standard InChI is InChI=1S/C17H27NO2S/c1-14-12-18(9-7-17(14,19)8-10-20-2)13-15-5-4-6-16(11-15)21-3/h4-6,11,14,19H,7-10,12-13H2,1-3H3/t14-,17-/m1/s1. The van der Waals surface area contributed by atoms with Crippen LogP contribution in [0.2, 0.25) is 0 Å². The normalized spacial score (nSPS) is 27.0. The van der Waals surface area contributed by atoms with Gasteiger partial charge in [-0.15, -0.1) is 11.8 Å². The highest BCUT2D eigenvalue weighted by atomic mass is 32.2. The molecule has 0 unspecified atom stereocenters. The summed E-state index contributed by atoms with van der Waals surface area (Å²) in [5.74, 6) is 0.283. The molecule has 1 saturated heterocycles. The first kappa shape index (κ1) is 16.8. The first-order valence-electron chi connectivity index (χ1n) is 7.64. The molecule has 1 fully saturated rings. The lowest BCUT2D eigenvalue weighted by Crippen LogP contribution is -2.51. The van der Waals surface area contributed by atoms with Gasteiger partial charge in [0.25, 0.3) is 0 Å². The summed E-state index contributed by atoms with van der Waals surface area (Å²) in [6, 6.07) is 8.73. The Morgan fingerprint density at radius 1 is 1.48 bits per heavy atom. The van der Waals surface area contributed by atoms with Crippen LogP contribution in [0.15, 0.2) is 29.2 Å². The monoisotopic (exact) mass is 309 g/mol. The van der Waals surface area contributed by atoms with Gasteiger partial charge >= 0.3 is 0 Å². The van der Waals surface area contributed by atoms with E-state index in [1.165, 1.54) is 10.5 Å². The second kappa shape index (κ2) is 7.63. The Kier molecular flexibility index (Phi) is 6.11. The number of hydrogen-bond acceptors (Lipinski definition) is 4. The van der Waals surface area contributed by atoms with E-state index in [1.54, 1.807) is 18.9 Å². The lowest BCUT2D eigenvalue weighted by molar-refractivity contribution is -0.0827. The van der Waals surface area contributed by atoms with Crippen LogP contribution in [0.5, 0.6) is 0 Å². The predicted molar refractivity (Wildman–Crippen MR) is 88.7 cm³/mol. The smallest absolute Gasteiger partial charge is 0.0719 e. The molecule has 1 heterocycles. The number of benzene rings is 1. The van der Waals surface area contributed by atoms with Crippen LogP contribution in [-0.2, 0) is 11.3 Å². The summed E-state index contributed by atoms with van der Waals surface area (Å²) in [5, 5.41) is 10.7. The number of aliphatic hydroxyl groups is 1. The molecule has 4 heteroatoms. The van der Waals surface area contributed by atoms with E-state index in [-0.39, 0.29) is 5.92 Å². The summed E-state index contributed by atoms with van der Waals surface area (Å²) in [6.45, 7) is 5.66. The molecular weight excluding hydrogens is 282 g/mol. The lowest BCUT2D eigenvalue weighted by Gasteiger charge is -2.43. The van der Waals surface area contributed by atoms with Crippen molar-refractivity contribution in [2.45, 2.75) is 36.8 Å². The lowest BCUT2D eigenvalue weighted by atomic mass is 9.80. The third-order valence-corrected chi connectivity index (χ3v) is 5.32. The third kappa shape index (κ3) is 4.46. The van der Waals surface area contributed by atoms with Gasteiger partial charge in [-0.25, -0.2) is 0 Å². The van der Waals surface area contributed by atoms with Crippen molar-refractivity contribution in [1.29, 1.82) is 0 Å². The van der Waals surface area contributed by atoms with Gasteiger partial charge in [0.15, 0.2) is 0 Å². The molecule has 0 aromatic heterocycles. The van der Waals surface area contributed by atoms with E-state index in [4.69, 9.17) is 4.74 Å². The summed E-state index contributed by atoms with van der Waals surface area (Å²) in [6.07, 6.45) is 3.68. The fraction of sp³-hybridized carbons (Fsp3) is 0.647. The quantitative estimate of drug-likeness (QED) is 0.819. The molecule has 2 rings (SSSR count). The molecule has 3 nitrogen and oxygen atoms in total. The maximum absolute atomic E-state index is 10.7. The van der Waals surface area contributed by atoms with Gasteiger partial charge in [0, 0.05) is 38.2 Å². The highest BCUT2D eigenvalue weighted by molar-refractivity contribution is 7.98. The van der Waals surface area contributed by atoms with Crippen LogP contribution >= 0.6 is 11.8 Å². The number of hydrogen-bond donors (Lipinski definition) is 1. The number of ether oxygens (including phenoxy) is 1. The summed E-state index contributed by atoms with van der Waals surface area (Å²) in [4.78, 5) is 3.76. The number of thioether (sulfide) groups is 1. The number of rotatable bonds is 6. The predicted octanol–water partition coefficient (Wildman–Crippen LogP) is 3.02. The van der Waals surface area contributed by atoms with Crippen LogP contribution in [-0.4, -0.2) is 48.7 Å². The van der Waals surface area contributed by atoms with Crippen molar-refractivity contribution in [2.75, 3.05) is 33.1 Å². The molecule has 1 N–H and O–H groups in total. The average molecular weight is 309 g/mol. The van der Waals surface area contributed by atoms with E-state index in [9.17, 15) is 5.11 Å². The van der Waals surface area contributed by atoms with Gasteiger partial charge in [0.2, 0.25) is 0 Å².